The molecule has 22 heavy (non-hydrogen) atoms. The van der Waals surface area contributed by atoms with Crippen LogP contribution >= 0.6 is 27.3 Å². The smallest absolute Gasteiger partial charge is 0.232 e. The molecular weight excluding hydrogens is 362 g/mol. The van der Waals surface area contributed by atoms with Crippen molar-refractivity contribution in [3.63, 3.8) is 0 Å². The molecule has 1 aromatic carbocycles. The SMILES string of the molecule is Brc1ccc(CN2CC(c3nc(-c4cccs4)no3)C2)cc1. The van der Waals surface area contributed by atoms with Gasteiger partial charge in [-0.3, -0.25) is 4.90 Å². The molecule has 1 aliphatic rings. The van der Waals surface area contributed by atoms with Gasteiger partial charge in [-0.2, -0.15) is 4.98 Å². The second-order valence-corrected chi connectivity index (χ2v) is 7.31. The summed E-state index contributed by atoms with van der Waals surface area (Å²) >= 11 is 5.09. The maximum Gasteiger partial charge on any atom is 0.232 e. The van der Waals surface area contributed by atoms with Crippen LogP contribution in [0, 0.1) is 0 Å². The zero-order valence-corrected chi connectivity index (χ0v) is 14.2. The number of hydrogen-bond donors (Lipinski definition) is 0. The molecule has 0 N–H and O–H groups in total. The molecule has 0 spiro atoms. The van der Waals surface area contributed by atoms with Gasteiger partial charge in [0.25, 0.3) is 0 Å². The molecular formula is C16H14BrN3OS. The van der Waals surface area contributed by atoms with E-state index < -0.39 is 0 Å². The summed E-state index contributed by atoms with van der Waals surface area (Å²) in [5.41, 5.74) is 1.33. The van der Waals surface area contributed by atoms with Crippen LogP contribution in [0.25, 0.3) is 10.7 Å². The molecule has 0 atom stereocenters. The Morgan fingerprint density at radius 1 is 1.23 bits per heavy atom. The van der Waals surface area contributed by atoms with E-state index in [-0.39, 0.29) is 0 Å². The number of benzene rings is 1. The van der Waals surface area contributed by atoms with Gasteiger partial charge < -0.3 is 4.52 Å². The molecule has 1 saturated heterocycles. The molecule has 4 rings (SSSR count). The third kappa shape index (κ3) is 2.86. The van der Waals surface area contributed by atoms with Crippen LogP contribution in [0.3, 0.4) is 0 Å². The van der Waals surface area contributed by atoms with Gasteiger partial charge in [-0.15, -0.1) is 11.3 Å². The summed E-state index contributed by atoms with van der Waals surface area (Å²) in [4.78, 5) is 7.98. The second-order valence-electron chi connectivity index (χ2n) is 5.45. The summed E-state index contributed by atoms with van der Waals surface area (Å²) in [6, 6.07) is 12.5. The summed E-state index contributed by atoms with van der Waals surface area (Å²) in [6.07, 6.45) is 0. The van der Waals surface area contributed by atoms with E-state index in [0.29, 0.717) is 11.7 Å². The largest absolute Gasteiger partial charge is 0.339 e. The zero-order valence-electron chi connectivity index (χ0n) is 11.8. The molecule has 0 saturated carbocycles. The lowest BCUT2D eigenvalue weighted by molar-refractivity contribution is 0.117. The van der Waals surface area contributed by atoms with Crippen LogP contribution in [0.4, 0.5) is 0 Å². The number of halogens is 1. The maximum atomic E-state index is 5.42. The van der Waals surface area contributed by atoms with Gasteiger partial charge in [-0.25, -0.2) is 0 Å². The lowest BCUT2D eigenvalue weighted by atomic mass is 9.99. The first-order valence-corrected chi connectivity index (χ1v) is 8.79. The van der Waals surface area contributed by atoms with Crippen LogP contribution in [0.5, 0.6) is 0 Å². The number of thiophene rings is 1. The summed E-state index contributed by atoms with van der Waals surface area (Å²) in [7, 11) is 0. The molecule has 3 heterocycles. The first kappa shape index (κ1) is 14.1. The lowest BCUT2D eigenvalue weighted by Gasteiger charge is -2.37. The summed E-state index contributed by atoms with van der Waals surface area (Å²) in [5, 5.41) is 6.10. The fraction of sp³-hybridized carbons (Fsp3) is 0.250. The highest BCUT2D eigenvalue weighted by atomic mass is 79.9. The van der Waals surface area contributed by atoms with Crippen molar-refractivity contribution in [1.29, 1.82) is 0 Å². The Hall–Kier alpha value is -1.50. The topological polar surface area (TPSA) is 42.2 Å². The van der Waals surface area contributed by atoms with Crippen LogP contribution in [0.15, 0.2) is 50.8 Å². The van der Waals surface area contributed by atoms with Crippen molar-refractivity contribution >= 4 is 27.3 Å². The summed E-state index contributed by atoms with van der Waals surface area (Å²) in [6.45, 7) is 2.92. The number of nitrogens with zero attached hydrogens (tertiary/aromatic N) is 3. The molecule has 3 aromatic rings. The molecule has 0 radical (unpaired) electrons. The summed E-state index contributed by atoms with van der Waals surface area (Å²) in [5.74, 6) is 1.82. The normalized spacial score (nSPS) is 15.9. The predicted molar refractivity (Wildman–Crippen MR) is 89.8 cm³/mol. The standard InChI is InChI=1S/C16H14BrN3OS/c17-13-5-3-11(4-6-13)8-20-9-12(10-20)16-18-15(19-21-16)14-2-1-7-22-14/h1-7,12H,8-10H2. The average Bonchev–Trinajstić information content (AvgIpc) is 3.15. The van der Waals surface area contributed by atoms with Gasteiger partial charge in [-0.1, -0.05) is 39.3 Å². The minimum atomic E-state index is 0.358. The molecule has 1 aliphatic heterocycles. The van der Waals surface area contributed by atoms with Gasteiger partial charge in [-0.05, 0) is 29.1 Å². The molecule has 0 bridgehead atoms. The molecule has 1 fully saturated rings. The van der Waals surface area contributed by atoms with Gasteiger partial charge in [0, 0.05) is 24.1 Å². The first-order chi connectivity index (χ1) is 10.8. The fourth-order valence-electron chi connectivity index (χ4n) is 2.61. The van der Waals surface area contributed by atoms with Gasteiger partial charge in [0.2, 0.25) is 11.7 Å². The second kappa shape index (κ2) is 5.95. The van der Waals surface area contributed by atoms with Crippen molar-refractivity contribution in [3.8, 4) is 10.7 Å². The molecule has 6 heteroatoms. The number of likely N-dealkylation sites (tertiary alicyclic amines) is 1. The Labute approximate surface area is 140 Å². The molecule has 0 unspecified atom stereocenters. The van der Waals surface area contributed by atoms with Crippen LogP contribution in [-0.4, -0.2) is 28.1 Å². The van der Waals surface area contributed by atoms with E-state index in [2.05, 4.69) is 55.2 Å². The van der Waals surface area contributed by atoms with Crippen LogP contribution in [0.1, 0.15) is 17.4 Å². The molecule has 4 nitrogen and oxygen atoms in total. The Balaban J connectivity index is 1.36. The number of rotatable bonds is 4. The Morgan fingerprint density at radius 3 is 2.77 bits per heavy atom. The van der Waals surface area contributed by atoms with E-state index >= 15 is 0 Å². The highest BCUT2D eigenvalue weighted by Gasteiger charge is 2.32. The molecule has 2 aromatic heterocycles. The van der Waals surface area contributed by atoms with Gasteiger partial charge >= 0.3 is 0 Å². The Kier molecular flexibility index (Phi) is 3.82. The van der Waals surface area contributed by atoms with E-state index in [1.807, 2.05) is 17.5 Å². The van der Waals surface area contributed by atoms with Crippen LogP contribution < -0.4 is 0 Å². The van der Waals surface area contributed by atoms with Crippen LogP contribution in [-0.2, 0) is 6.54 Å². The third-order valence-corrected chi connectivity index (χ3v) is 5.20. The van der Waals surface area contributed by atoms with Gasteiger partial charge in [0.1, 0.15) is 0 Å². The first-order valence-electron chi connectivity index (χ1n) is 7.12. The highest BCUT2D eigenvalue weighted by Crippen LogP contribution is 2.30. The van der Waals surface area contributed by atoms with Crippen LogP contribution in [0.2, 0.25) is 0 Å². The monoisotopic (exact) mass is 375 g/mol. The molecule has 0 amide bonds. The zero-order chi connectivity index (χ0) is 14.9. The fourth-order valence-corrected chi connectivity index (χ4v) is 3.52. The maximum absolute atomic E-state index is 5.42. The highest BCUT2D eigenvalue weighted by molar-refractivity contribution is 9.10. The molecule has 0 aliphatic carbocycles. The van der Waals surface area contributed by atoms with E-state index in [1.54, 1.807) is 11.3 Å². The summed E-state index contributed by atoms with van der Waals surface area (Å²) < 4.78 is 6.53. The van der Waals surface area contributed by atoms with E-state index in [1.165, 1.54) is 5.56 Å². The van der Waals surface area contributed by atoms with E-state index in [0.717, 1.165) is 34.9 Å². The van der Waals surface area contributed by atoms with Gasteiger partial charge in [0.05, 0.1) is 10.8 Å². The lowest BCUT2D eigenvalue weighted by Crippen LogP contribution is -2.44. The quantitative estimate of drug-likeness (QED) is 0.686. The van der Waals surface area contributed by atoms with Gasteiger partial charge in [0.15, 0.2) is 0 Å². The minimum Gasteiger partial charge on any atom is -0.339 e. The Bertz CT molecular complexity index is 748. The third-order valence-electron chi connectivity index (χ3n) is 3.81. The molecule has 112 valence electrons. The van der Waals surface area contributed by atoms with Crippen molar-refractivity contribution in [1.82, 2.24) is 15.0 Å². The van der Waals surface area contributed by atoms with E-state index in [9.17, 15) is 0 Å². The van der Waals surface area contributed by atoms with Crippen molar-refractivity contribution in [3.05, 3.63) is 57.7 Å². The van der Waals surface area contributed by atoms with Crippen molar-refractivity contribution in [2.45, 2.75) is 12.5 Å². The number of aromatic nitrogens is 2. The Morgan fingerprint density at radius 2 is 2.05 bits per heavy atom. The van der Waals surface area contributed by atoms with Crippen molar-refractivity contribution in [2.24, 2.45) is 0 Å². The predicted octanol–water partition coefficient (Wildman–Crippen LogP) is 4.16. The van der Waals surface area contributed by atoms with Crippen molar-refractivity contribution < 1.29 is 4.52 Å². The van der Waals surface area contributed by atoms with Crippen molar-refractivity contribution in [2.75, 3.05) is 13.1 Å². The van der Waals surface area contributed by atoms with E-state index in [4.69, 9.17) is 4.52 Å². The number of hydrogen-bond acceptors (Lipinski definition) is 5. The minimum absolute atomic E-state index is 0.358. The average molecular weight is 376 g/mol.